The van der Waals surface area contributed by atoms with E-state index in [9.17, 15) is 4.39 Å². The largest absolute Gasteiger partial charge is 0.491 e. The molecule has 1 aliphatic carbocycles. The Kier molecular flexibility index (Phi) is 6.53. The van der Waals surface area contributed by atoms with Crippen LogP contribution in [0.5, 0.6) is 5.75 Å². The molecule has 2 heteroatoms. The first-order valence-corrected chi connectivity index (χ1v) is 8.66. The van der Waals surface area contributed by atoms with Gasteiger partial charge in [-0.2, -0.15) is 0 Å². The maximum Gasteiger partial charge on any atom is 0.165 e. The van der Waals surface area contributed by atoms with E-state index < -0.39 is 0 Å². The Bertz CT molecular complexity index is 422. The van der Waals surface area contributed by atoms with Crippen LogP contribution < -0.4 is 4.74 Å². The van der Waals surface area contributed by atoms with Gasteiger partial charge in [0.05, 0.1) is 6.61 Å². The van der Waals surface area contributed by atoms with E-state index in [4.69, 9.17) is 4.74 Å². The second-order valence-corrected chi connectivity index (χ2v) is 6.34. The van der Waals surface area contributed by atoms with E-state index in [1.54, 1.807) is 12.1 Å². The van der Waals surface area contributed by atoms with Gasteiger partial charge in [0, 0.05) is 0 Å². The van der Waals surface area contributed by atoms with Crippen LogP contribution in [-0.2, 0) is 0 Å². The molecule has 0 heterocycles. The highest BCUT2D eigenvalue weighted by Crippen LogP contribution is 2.38. The molecule has 21 heavy (non-hydrogen) atoms. The van der Waals surface area contributed by atoms with Gasteiger partial charge in [0.1, 0.15) is 0 Å². The van der Waals surface area contributed by atoms with Gasteiger partial charge in [-0.05, 0) is 62.1 Å². The van der Waals surface area contributed by atoms with Crippen molar-refractivity contribution in [1.82, 2.24) is 0 Å². The normalized spacial score (nSPS) is 22.2. The van der Waals surface area contributed by atoms with Gasteiger partial charge in [-0.25, -0.2) is 4.39 Å². The third kappa shape index (κ3) is 4.72. The lowest BCUT2D eigenvalue weighted by molar-refractivity contribution is 0.300. The summed E-state index contributed by atoms with van der Waals surface area (Å²) in [4.78, 5) is 0. The molecule has 1 aliphatic rings. The van der Waals surface area contributed by atoms with Crippen LogP contribution in [0, 0.1) is 11.7 Å². The Labute approximate surface area is 128 Å². The summed E-state index contributed by atoms with van der Waals surface area (Å²) in [6.45, 7) is 4.66. The Morgan fingerprint density at radius 1 is 1.10 bits per heavy atom. The quantitative estimate of drug-likeness (QED) is 0.553. The molecule has 1 fully saturated rings. The zero-order chi connectivity index (χ0) is 15.1. The minimum absolute atomic E-state index is 0.209. The standard InChI is InChI=1S/C19H29FO/c1-3-5-6-7-15-8-10-16(11-9-15)17-12-13-19(21-4-2)18(20)14-17/h12-16H,3-11H2,1-2H3/t15-,16-. The van der Waals surface area contributed by atoms with Crippen LogP contribution in [0.1, 0.15) is 76.7 Å². The maximum absolute atomic E-state index is 13.9. The van der Waals surface area contributed by atoms with E-state index in [-0.39, 0.29) is 5.82 Å². The van der Waals surface area contributed by atoms with Crippen LogP contribution in [0.4, 0.5) is 4.39 Å². The highest BCUT2D eigenvalue weighted by atomic mass is 19.1. The van der Waals surface area contributed by atoms with Crippen molar-refractivity contribution in [3.63, 3.8) is 0 Å². The molecule has 2 rings (SSSR count). The van der Waals surface area contributed by atoms with Crippen molar-refractivity contribution in [2.24, 2.45) is 5.92 Å². The molecule has 0 amide bonds. The molecule has 0 spiro atoms. The zero-order valence-corrected chi connectivity index (χ0v) is 13.5. The monoisotopic (exact) mass is 292 g/mol. The van der Waals surface area contributed by atoms with Gasteiger partial charge in [0.2, 0.25) is 0 Å². The fourth-order valence-corrected chi connectivity index (χ4v) is 3.51. The van der Waals surface area contributed by atoms with Gasteiger partial charge in [0.15, 0.2) is 11.6 Å². The van der Waals surface area contributed by atoms with Crippen LogP contribution in [0.3, 0.4) is 0 Å². The third-order valence-corrected chi connectivity index (χ3v) is 4.79. The summed E-state index contributed by atoms with van der Waals surface area (Å²) in [6.07, 6.45) is 10.5. The van der Waals surface area contributed by atoms with Crippen LogP contribution in [0.25, 0.3) is 0 Å². The lowest BCUT2D eigenvalue weighted by Crippen LogP contribution is -2.13. The van der Waals surface area contributed by atoms with E-state index in [1.165, 1.54) is 51.4 Å². The molecule has 0 radical (unpaired) electrons. The van der Waals surface area contributed by atoms with Gasteiger partial charge in [-0.3, -0.25) is 0 Å². The Morgan fingerprint density at radius 2 is 1.86 bits per heavy atom. The summed E-state index contributed by atoms with van der Waals surface area (Å²) in [5.74, 6) is 1.62. The van der Waals surface area contributed by atoms with Crippen LogP contribution in [-0.4, -0.2) is 6.61 Å². The molecule has 0 bridgehead atoms. The highest BCUT2D eigenvalue weighted by Gasteiger charge is 2.22. The number of hydrogen-bond acceptors (Lipinski definition) is 1. The topological polar surface area (TPSA) is 9.23 Å². The summed E-state index contributed by atoms with van der Waals surface area (Å²) in [6, 6.07) is 5.53. The van der Waals surface area contributed by atoms with Gasteiger partial charge in [-0.1, -0.05) is 38.7 Å². The Hall–Kier alpha value is -1.05. The Morgan fingerprint density at radius 3 is 2.48 bits per heavy atom. The van der Waals surface area contributed by atoms with E-state index in [0.717, 1.165) is 11.5 Å². The van der Waals surface area contributed by atoms with Gasteiger partial charge >= 0.3 is 0 Å². The van der Waals surface area contributed by atoms with Crippen molar-refractivity contribution in [1.29, 1.82) is 0 Å². The highest BCUT2D eigenvalue weighted by molar-refractivity contribution is 5.31. The number of unbranched alkanes of at least 4 members (excludes halogenated alkanes) is 2. The summed E-state index contributed by atoms with van der Waals surface area (Å²) in [7, 11) is 0. The average Bonchev–Trinajstić information content (AvgIpc) is 2.50. The maximum atomic E-state index is 13.9. The van der Waals surface area contributed by atoms with Crippen molar-refractivity contribution < 1.29 is 9.13 Å². The van der Waals surface area contributed by atoms with Crippen molar-refractivity contribution in [3.05, 3.63) is 29.6 Å². The minimum Gasteiger partial charge on any atom is -0.491 e. The lowest BCUT2D eigenvalue weighted by Gasteiger charge is -2.29. The third-order valence-electron chi connectivity index (χ3n) is 4.79. The summed E-state index contributed by atoms with van der Waals surface area (Å²) in [5.41, 5.74) is 1.16. The predicted octanol–water partition coefficient (Wildman–Crippen LogP) is 6.08. The van der Waals surface area contributed by atoms with E-state index in [2.05, 4.69) is 13.0 Å². The number of rotatable bonds is 7. The molecule has 0 aliphatic heterocycles. The molecule has 0 aromatic heterocycles. The number of halogens is 1. The van der Waals surface area contributed by atoms with Crippen LogP contribution >= 0.6 is 0 Å². The Balaban J connectivity index is 1.85. The molecular weight excluding hydrogens is 263 g/mol. The van der Waals surface area contributed by atoms with Crippen LogP contribution in [0.2, 0.25) is 0 Å². The van der Waals surface area contributed by atoms with E-state index in [0.29, 0.717) is 18.3 Å². The summed E-state index contributed by atoms with van der Waals surface area (Å²) < 4.78 is 19.2. The summed E-state index contributed by atoms with van der Waals surface area (Å²) in [5, 5.41) is 0. The second kappa shape index (κ2) is 8.41. The van der Waals surface area contributed by atoms with Crippen molar-refractivity contribution in [2.45, 2.75) is 71.1 Å². The fourth-order valence-electron chi connectivity index (χ4n) is 3.51. The first kappa shape index (κ1) is 16.3. The first-order valence-electron chi connectivity index (χ1n) is 8.66. The molecule has 1 aromatic rings. The molecule has 1 nitrogen and oxygen atoms in total. The fraction of sp³-hybridized carbons (Fsp3) is 0.684. The first-order chi connectivity index (χ1) is 10.2. The van der Waals surface area contributed by atoms with E-state index in [1.807, 2.05) is 6.92 Å². The van der Waals surface area contributed by atoms with Gasteiger partial charge < -0.3 is 4.74 Å². The lowest BCUT2D eigenvalue weighted by atomic mass is 9.77. The molecule has 1 aromatic carbocycles. The molecule has 0 N–H and O–H groups in total. The van der Waals surface area contributed by atoms with Crippen molar-refractivity contribution >= 4 is 0 Å². The van der Waals surface area contributed by atoms with Gasteiger partial charge in [-0.15, -0.1) is 0 Å². The number of hydrogen-bond donors (Lipinski definition) is 0. The molecule has 0 saturated heterocycles. The molecule has 0 atom stereocenters. The average molecular weight is 292 g/mol. The van der Waals surface area contributed by atoms with Crippen molar-refractivity contribution in [2.75, 3.05) is 6.61 Å². The SMILES string of the molecule is CCCCC[C@H]1CC[C@H](c2ccc(OCC)c(F)c2)CC1. The predicted molar refractivity (Wildman–Crippen MR) is 86.4 cm³/mol. The zero-order valence-electron chi connectivity index (χ0n) is 13.5. The van der Waals surface area contributed by atoms with Gasteiger partial charge in [0.25, 0.3) is 0 Å². The van der Waals surface area contributed by atoms with Crippen LogP contribution in [0.15, 0.2) is 18.2 Å². The minimum atomic E-state index is -0.209. The number of benzene rings is 1. The number of ether oxygens (including phenoxy) is 1. The molecule has 0 unspecified atom stereocenters. The van der Waals surface area contributed by atoms with E-state index >= 15 is 0 Å². The molecular formula is C19H29FO. The van der Waals surface area contributed by atoms with Crippen molar-refractivity contribution in [3.8, 4) is 5.75 Å². The second-order valence-electron chi connectivity index (χ2n) is 6.34. The smallest absolute Gasteiger partial charge is 0.165 e. The summed E-state index contributed by atoms with van der Waals surface area (Å²) >= 11 is 0. The molecule has 1 saturated carbocycles. The molecule has 118 valence electrons.